The van der Waals surface area contributed by atoms with Crippen molar-refractivity contribution in [2.45, 2.75) is 34.6 Å². The van der Waals surface area contributed by atoms with Gasteiger partial charge in [-0.15, -0.1) is 0 Å². The number of Topliss-reactive ketones (excluding diaryl/α,β-unsaturated/α-hetero) is 2. The molecule has 0 aromatic heterocycles. The summed E-state index contributed by atoms with van der Waals surface area (Å²) in [4.78, 5) is 24.5. The standard InChI is InChI=1S/C15H16O2/c1-7-6-8(2)12-13(9(7)3)15(17)11(5)10(4)14(12)16/h6H,1-5H3. The van der Waals surface area contributed by atoms with Gasteiger partial charge in [0, 0.05) is 22.3 Å². The van der Waals surface area contributed by atoms with Crippen molar-refractivity contribution in [3.8, 4) is 0 Å². The number of rotatable bonds is 0. The first-order valence-electron chi connectivity index (χ1n) is 5.74. The number of ketones is 2. The molecule has 0 fully saturated rings. The minimum absolute atomic E-state index is 0.00130. The summed E-state index contributed by atoms with van der Waals surface area (Å²) in [7, 11) is 0. The van der Waals surface area contributed by atoms with Gasteiger partial charge in [-0.1, -0.05) is 6.07 Å². The second-order valence-electron chi connectivity index (χ2n) is 4.79. The molecule has 2 nitrogen and oxygen atoms in total. The zero-order valence-corrected chi connectivity index (χ0v) is 10.9. The quantitative estimate of drug-likeness (QED) is 0.682. The van der Waals surface area contributed by atoms with Crippen LogP contribution in [0.1, 0.15) is 51.3 Å². The van der Waals surface area contributed by atoms with Crippen LogP contribution in [-0.2, 0) is 0 Å². The minimum Gasteiger partial charge on any atom is -0.289 e. The van der Waals surface area contributed by atoms with Gasteiger partial charge in [-0.3, -0.25) is 9.59 Å². The molecule has 0 spiro atoms. The van der Waals surface area contributed by atoms with Crippen LogP contribution in [0.15, 0.2) is 17.2 Å². The molecule has 0 saturated heterocycles. The molecule has 0 aliphatic heterocycles. The summed E-state index contributed by atoms with van der Waals surface area (Å²) in [5.41, 5.74) is 5.25. The first kappa shape index (κ1) is 11.8. The molecule has 2 rings (SSSR count). The third-order valence-electron chi connectivity index (χ3n) is 3.74. The first-order valence-corrected chi connectivity index (χ1v) is 5.74. The lowest BCUT2D eigenvalue weighted by molar-refractivity contribution is 0.0973. The molecular weight excluding hydrogens is 212 g/mol. The Morgan fingerprint density at radius 1 is 0.706 bits per heavy atom. The van der Waals surface area contributed by atoms with E-state index < -0.39 is 0 Å². The molecular formula is C15H16O2. The van der Waals surface area contributed by atoms with Crippen molar-refractivity contribution in [2.24, 2.45) is 0 Å². The summed E-state index contributed by atoms with van der Waals surface area (Å²) < 4.78 is 0. The Morgan fingerprint density at radius 2 is 1.18 bits per heavy atom. The lowest BCUT2D eigenvalue weighted by Crippen LogP contribution is -2.22. The molecule has 1 aromatic carbocycles. The van der Waals surface area contributed by atoms with Gasteiger partial charge in [0.2, 0.25) is 0 Å². The van der Waals surface area contributed by atoms with Crippen molar-refractivity contribution in [1.82, 2.24) is 0 Å². The van der Waals surface area contributed by atoms with E-state index in [4.69, 9.17) is 0 Å². The number of hydrogen-bond acceptors (Lipinski definition) is 2. The van der Waals surface area contributed by atoms with Crippen LogP contribution in [0.25, 0.3) is 0 Å². The topological polar surface area (TPSA) is 34.1 Å². The highest BCUT2D eigenvalue weighted by molar-refractivity contribution is 6.27. The van der Waals surface area contributed by atoms with E-state index in [1.54, 1.807) is 13.8 Å². The second kappa shape index (κ2) is 3.66. The number of aryl methyl sites for hydroxylation is 2. The number of carbonyl (C=O) groups excluding carboxylic acids is 2. The van der Waals surface area contributed by atoms with E-state index in [9.17, 15) is 9.59 Å². The van der Waals surface area contributed by atoms with Crippen molar-refractivity contribution in [1.29, 1.82) is 0 Å². The molecule has 0 amide bonds. The number of carbonyl (C=O) groups is 2. The van der Waals surface area contributed by atoms with Gasteiger partial charge in [-0.05, 0) is 51.3 Å². The zero-order valence-electron chi connectivity index (χ0n) is 10.9. The van der Waals surface area contributed by atoms with Gasteiger partial charge < -0.3 is 0 Å². The molecule has 0 N–H and O–H groups in total. The molecule has 0 unspecified atom stereocenters. The van der Waals surface area contributed by atoms with Gasteiger partial charge in [0.25, 0.3) is 0 Å². The molecule has 17 heavy (non-hydrogen) atoms. The fraction of sp³-hybridized carbons (Fsp3) is 0.333. The van der Waals surface area contributed by atoms with Gasteiger partial charge in [0.15, 0.2) is 11.6 Å². The highest BCUT2D eigenvalue weighted by Crippen LogP contribution is 2.31. The Labute approximate surface area is 101 Å². The molecule has 88 valence electrons. The zero-order chi connectivity index (χ0) is 12.9. The normalized spacial score (nSPS) is 15.4. The van der Waals surface area contributed by atoms with Gasteiger partial charge >= 0.3 is 0 Å². The van der Waals surface area contributed by atoms with E-state index in [-0.39, 0.29) is 11.6 Å². The molecule has 1 aliphatic rings. The molecule has 0 bridgehead atoms. The monoisotopic (exact) mass is 228 g/mol. The van der Waals surface area contributed by atoms with Crippen molar-refractivity contribution in [3.05, 3.63) is 45.0 Å². The van der Waals surface area contributed by atoms with Crippen molar-refractivity contribution < 1.29 is 9.59 Å². The highest BCUT2D eigenvalue weighted by Gasteiger charge is 2.30. The van der Waals surface area contributed by atoms with Gasteiger partial charge in [0.1, 0.15) is 0 Å². The molecule has 0 saturated carbocycles. The van der Waals surface area contributed by atoms with Crippen molar-refractivity contribution >= 4 is 11.6 Å². The van der Waals surface area contributed by atoms with Gasteiger partial charge in [-0.2, -0.15) is 0 Å². The number of allylic oxidation sites excluding steroid dienone is 2. The summed E-state index contributed by atoms with van der Waals surface area (Å²) in [5.74, 6) is -0.000833. The van der Waals surface area contributed by atoms with E-state index in [1.807, 2.05) is 26.8 Å². The lowest BCUT2D eigenvalue weighted by atomic mass is 9.80. The van der Waals surface area contributed by atoms with E-state index in [1.165, 1.54) is 0 Å². The lowest BCUT2D eigenvalue weighted by Gasteiger charge is -2.21. The van der Waals surface area contributed by atoms with E-state index in [0.29, 0.717) is 22.3 Å². The fourth-order valence-electron chi connectivity index (χ4n) is 2.38. The fourth-order valence-corrected chi connectivity index (χ4v) is 2.38. The van der Waals surface area contributed by atoms with Crippen LogP contribution in [0, 0.1) is 20.8 Å². The summed E-state index contributed by atoms with van der Waals surface area (Å²) in [6.45, 7) is 9.24. The molecule has 1 aliphatic carbocycles. The second-order valence-corrected chi connectivity index (χ2v) is 4.79. The van der Waals surface area contributed by atoms with E-state index in [0.717, 1.165) is 16.7 Å². The molecule has 1 aromatic rings. The smallest absolute Gasteiger partial charge is 0.190 e. The van der Waals surface area contributed by atoms with Crippen molar-refractivity contribution in [3.63, 3.8) is 0 Å². The number of fused-ring (bicyclic) bond motifs is 1. The van der Waals surface area contributed by atoms with Crippen molar-refractivity contribution in [2.75, 3.05) is 0 Å². The maximum atomic E-state index is 12.3. The van der Waals surface area contributed by atoms with Gasteiger partial charge in [-0.25, -0.2) is 0 Å². The SMILES string of the molecule is CC1=C(C)C(=O)c2c(C)c(C)cc(C)c2C1=O. The van der Waals surface area contributed by atoms with Gasteiger partial charge in [0.05, 0.1) is 0 Å². The molecule has 0 atom stereocenters. The van der Waals surface area contributed by atoms with Crippen LogP contribution < -0.4 is 0 Å². The Morgan fingerprint density at radius 3 is 1.71 bits per heavy atom. The van der Waals surface area contributed by atoms with Crippen LogP contribution in [0.4, 0.5) is 0 Å². The Balaban J connectivity index is 2.90. The number of benzene rings is 1. The predicted molar refractivity (Wildman–Crippen MR) is 67.7 cm³/mol. The van der Waals surface area contributed by atoms with Crippen LogP contribution in [0.5, 0.6) is 0 Å². The van der Waals surface area contributed by atoms with E-state index in [2.05, 4.69) is 0 Å². The summed E-state index contributed by atoms with van der Waals surface area (Å²) in [6.07, 6.45) is 0. The van der Waals surface area contributed by atoms with E-state index >= 15 is 0 Å². The third kappa shape index (κ3) is 1.47. The maximum Gasteiger partial charge on any atom is 0.190 e. The maximum absolute atomic E-state index is 12.3. The molecule has 0 heterocycles. The third-order valence-corrected chi connectivity index (χ3v) is 3.74. The minimum atomic E-state index is -0.00213. The first-order chi connectivity index (χ1) is 7.86. The van der Waals surface area contributed by atoms with Crippen LogP contribution in [0.2, 0.25) is 0 Å². The highest BCUT2D eigenvalue weighted by atomic mass is 16.1. The average Bonchev–Trinajstić information content (AvgIpc) is 2.28. The van der Waals surface area contributed by atoms with Crippen LogP contribution in [-0.4, -0.2) is 11.6 Å². The predicted octanol–water partition coefficient (Wildman–Crippen LogP) is 3.33. The average molecular weight is 228 g/mol. The largest absolute Gasteiger partial charge is 0.289 e. The Hall–Kier alpha value is -1.70. The summed E-state index contributed by atoms with van der Waals surface area (Å²) in [6, 6.07) is 1.98. The molecule has 2 heteroatoms. The van der Waals surface area contributed by atoms with Crippen LogP contribution >= 0.6 is 0 Å². The molecule has 0 radical (unpaired) electrons. The summed E-state index contributed by atoms with van der Waals surface area (Å²) in [5, 5.41) is 0. The Bertz CT molecular complexity index is 589. The number of hydrogen-bond donors (Lipinski definition) is 0. The Kier molecular flexibility index (Phi) is 2.53. The summed E-state index contributed by atoms with van der Waals surface area (Å²) >= 11 is 0. The van der Waals surface area contributed by atoms with Crippen LogP contribution in [0.3, 0.4) is 0 Å².